The zero-order valence-electron chi connectivity index (χ0n) is 15.1. The van der Waals surface area contributed by atoms with Crippen molar-refractivity contribution >= 4 is 11.6 Å². The van der Waals surface area contributed by atoms with Crippen LogP contribution in [-0.4, -0.2) is 20.1 Å². The molecule has 0 aliphatic heterocycles. The van der Waals surface area contributed by atoms with Crippen LogP contribution in [0.5, 0.6) is 11.5 Å². The Bertz CT molecular complexity index is 900. The molecule has 4 nitrogen and oxygen atoms in total. The van der Waals surface area contributed by atoms with E-state index in [2.05, 4.69) is 5.32 Å². The van der Waals surface area contributed by atoms with E-state index in [1.165, 1.54) is 6.92 Å². The number of nitrogens with one attached hydrogen (secondary N) is 1. The monoisotopic (exact) mass is 347 g/mol. The highest BCUT2D eigenvalue weighted by Gasteiger charge is 2.10. The molecule has 0 atom stereocenters. The summed E-state index contributed by atoms with van der Waals surface area (Å²) >= 11 is 0. The maximum absolute atomic E-state index is 11.4. The molecule has 0 radical (unpaired) electrons. The number of amides is 1. The van der Waals surface area contributed by atoms with E-state index < -0.39 is 0 Å². The lowest BCUT2D eigenvalue weighted by molar-refractivity contribution is -0.114. The second kappa shape index (κ2) is 7.74. The van der Waals surface area contributed by atoms with Crippen LogP contribution >= 0.6 is 0 Å². The van der Waals surface area contributed by atoms with Gasteiger partial charge in [0.2, 0.25) is 5.91 Å². The molecule has 0 aliphatic carbocycles. The molecular weight excluding hydrogens is 326 g/mol. The summed E-state index contributed by atoms with van der Waals surface area (Å²) in [5.74, 6) is 1.52. The number of benzene rings is 3. The second-order valence-corrected chi connectivity index (χ2v) is 5.90. The Balaban J connectivity index is 2.10. The van der Waals surface area contributed by atoms with Crippen molar-refractivity contribution < 1.29 is 14.3 Å². The largest absolute Gasteiger partial charge is 0.497 e. The van der Waals surface area contributed by atoms with Crippen LogP contribution in [0.25, 0.3) is 22.3 Å². The Morgan fingerprint density at radius 1 is 0.731 bits per heavy atom. The summed E-state index contributed by atoms with van der Waals surface area (Å²) < 4.78 is 10.5. The maximum Gasteiger partial charge on any atom is 0.221 e. The number of ether oxygens (including phenoxy) is 2. The number of carbonyl (C=O) groups excluding carboxylic acids is 1. The third-order valence-electron chi connectivity index (χ3n) is 4.14. The molecule has 0 saturated carbocycles. The van der Waals surface area contributed by atoms with Crippen molar-refractivity contribution in [3.8, 4) is 33.8 Å². The van der Waals surface area contributed by atoms with Crippen LogP contribution in [0.4, 0.5) is 5.69 Å². The lowest BCUT2D eigenvalue weighted by atomic mass is 9.94. The summed E-state index contributed by atoms with van der Waals surface area (Å²) in [5.41, 5.74) is 4.99. The van der Waals surface area contributed by atoms with Gasteiger partial charge in [0, 0.05) is 12.6 Å². The molecule has 0 unspecified atom stereocenters. The van der Waals surface area contributed by atoms with Gasteiger partial charge < -0.3 is 14.8 Å². The van der Waals surface area contributed by atoms with E-state index in [4.69, 9.17) is 9.47 Å². The van der Waals surface area contributed by atoms with E-state index in [0.717, 1.165) is 39.4 Å². The van der Waals surface area contributed by atoms with Gasteiger partial charge >= 0.3 is 0 Å². The fraction of sp³-hybridized carbons (Fsp3) is 0.136. The van der Waals surface area contributed by atoms with Crippen LogP contribution in [0.3, 0.4) is 0 Å². The molecular formula is C22H21NO3. The van der Waals surface area contributed by atoms with Gasteiger partial charge in [-0.25, -0.2) is 0 Å². The summed E-state index contributed by atoms with van der Waals surface area (Å²) in [7, 11) is 3.30. The van der Waals surface area contributed by atoms with E-state index in [9.17, 15) is 4.79 Å². The minimum absolute atomic E-state index is 0.0946. The van der Waals surface area contributed by atoms with Crippen LogP contribution in [-0.2, 0) is 4.79 Å². The van der Waals surface area contributed by atoms with E-state index in [1.807, 2.05) is 66.7 Å². The Hall–Kier alpha value is -3.27. The maximum atomic E-state index is 11.4. The minimum atomic E-state index is -0.0946. The summed E-state index contributed by atoms with van der Waals surface area (Å²) in [6, 6.07) is 21.7. The molecule has 3 aromatic rings. The van der Waals surface area contributed by atoms with E-state index >= 15 is 0 Å². The van der Waals surface area contributed by atoms with Gasteiger partial charge in [0.05, 0.1) is 14.2 Å². The molecule has 1 N–H and O–H groups in total. The molecule has 0 spiro atoms. The highest BCUT2D eigenvalue weighted by atomic mass is 16.5. The molecule has 4 heteroatoms. The fourth-order valence-electron chi connectivity index (χ4n) is 2.86. The second-order valence-electron chi connectivity index (χ2n) is 5.90. The number of carbonyl (C=O) groups is 1. The van der Waals surface area contributed by atoms with Crippen LogP contribution < -0.4 is 14.8 Å². The van der Waals surface area contributed by atoms with Gasteiger partial charge in [0.15, 0.2) is 0 Å². The lowest BCUT2D eigenvalue weighted by Crippen LogP contribution is -2.05. The van der Waals surface area contributed by atoms with Crippen molar-refractivity contribution in [3.05, 3.63) is 66.7 Å². The van der Waals surface area contributed by atoms with Crippen LogP contribution in [0.1, 0.15) is 6.92 Å². The van der Waals surface area contributed by atoms with Crippen LogP contribution in [0.2, 0.25) is 0 Å². The Morgan fingerprint density at radius 2 is 1.23 bits per heavy atom. The summed E-state index contributed by atoms with van der Waals surface area (Å²) in [5, 5.41) is 2.85. The average Bonchev–Trinajstić information content (AvgIpc) is 2.68. The van der Waals surface area contributed by atoms with Crippen LogP contribution in [0, 0.1) is 0 Å². The normalized spacial score (nSPS) is 10.3. The van der Waals surface area contributed by atoms with Crippen molar-refractivity contribution in [2.45, 2.75) is 6.92 Å². The molecule has 3 aromatic carbocycles. The van der Waals surface area contributed by atoms with Gasteiger partial charge in [-0.1, -0.05) is 30.3 Å². The molecule has 0 aromatic heterocycles. The fourth-order valence-corrected chi connectivity index (χ4v) is 2.86. The van der Waals surface area contributed by atoms with E-state index in [1.54, 1.807) is 14.2 Å². The van der Waals surface area contributed by atoms with Gasteiger partial charge in [0.1, 0.15) is 11.5 Å². The zero-order chi connectivity index (χ0) is 18.5. The summed E-state index contributed by atoms with van der Waals surface area (Å²) in [6.45, 7) is 1.50. The average molecular weight is 347 g/mol. The molecule has 132 valence electrons. The van der Waals surface area contributed by atoms with E-state index in [0.29, 0.717) is 0 Å². The van der Waals surface area contributed by atoms with Crippen LogP contribution in [0.15, 0.2) is 66.7 Å². The molecule has 0 aliphatic rings. The SMILES string of the molecule is COc1ccc(-c2ccc(NC(C)=O)cc2-c2ccc(OC)cc2)cc1. The van der Waals surface area contributed by atoms with Gasteiger partial charge in [-0.3, -0.25) is 4.79 Å². The van der Waals surface area contributed by atoms with E-state index in [-0.39, 0.29) is 5.91 Å². The Labute approximate surface area is 153 Å². The predicted molar refractivity (Wildman–Crippen MR) is 105 cm³/mol. The first kappa shape index (κ1) is 17.5. The van der Waals surface area contributed by atoms with Crippen molar-refractivity contribution in [1.82, 2.24) is 0 Å². The minimum Gasteiger partial charge on any atom is -0.497 e. The highest BCUT2D eigenvalue weighted by Crippen LogP contribution is 2.35. The quantitative estimate of drug-likeness (QED) is 0.707. The van der Waals surface area contributed by atoms with Gasteiger partial charge in [-0.15, -0.1) is 0 Å². The zero-order valence-corrected chi connectivity index (χ0v) is 15.1. The summed E-state index contributed by atoms with van der Waals surface area (Å²) in [4.78, 5) is 11.4. The molecule has 1 amide bonds. The Morgan fingerprint density at radius 3 is 1.69 bits per heavy atom. The number of anilines is 1. The smallest absolute Gasteiger partial charge is 0.221 e. The number of methoxy groups -OCH3 is 2. The number of hydrogen-bond donors (Lipinski definition) is 1. The highest BCUT2D eigenvalue weighted by molar-refractivity contribution is 5.92. The number of rotatable bonds is 5. The van der Waals surface area contributed by atoms with Crippen molar-refractivity contribution in [2.24, 2.45) is 0 Å². The first-order chi connectivity index (χ1) is 12.6. The van der Waals surface area contributed by atoms with Crippen molar-refractivity contribution in [2.75, 3.05) is 19.5 Å². The third-order valence-corrected chi connectivity index (χ3v) is 4.14. The molecule has 3 rings (SSSR count). The van der Waals surface area contributed by atoms with Gasteiger partial charge in [-0.05, 0) is 58.7 Å². The molecule has 0 saturated heterocycles. The predicted octanol–water partition coefficient (Wildman–Crippen LogP) is 5.00. The molecule has 26 heavy (non-hydrogen) atoms. The topological polar surface area (TPSA) is 47.6 Å². The standard InChI is InChI=1S/C22H21NO3/c1-15(24)23-18-8-13-21(16-4-9-19(25-2)10-5-16)22(14-18)17-6-11-20(26-3)12-7-17/h4-14H,1-3H3,(H,23,24). The third kappa shape index (κ3) is 3.86. The molecule has 0 bridgehead atoms. The first-order valence-electron chi connectivity index (χ1n) is 8.31. The van der Waals surface area contributed by atoms with Gasteiger partial charge in [0.25, 0.3) is 0 Å². The summed E-state index contributed by atoms with van der Waals surface area (Å²) in [6.07, 6.45) is 0. The Kier molecular flexibility index (Phi) is 5.23. The van der Waals surface area contributed by atoms with Crippen molar-refractivity contribution in [1.29, 1.82) is 0 Å². The van der Waals surface area contributed by atoms with Gasteiger partial charge in [-0.2, -0.15) is 0 Å². The van der Waals surface area contributed by atoms with Crippen molar-refractivity contribution in [3.63, 3.8) is 0 Å². The first-order valence-corrected chi connectivity index (χ1v) is 8.31. The molecule has 0 heterocycles. The number of hydrogen-bond acceptors (Lipinski definition) is 3. The lowest BCUT2D eigenvalue weighted by Gasteiger charge is -2.14. The molecule has 0 fully saturated rings.